The molecule has 0 spiro atoms. The largest absolute Gasteiger partial charge is 0.457 e. The van der Waals surface area contributed by atoms with Crippen LogP contribution in [-0.2, 0) is 11.3 Å². The molecule has 0 bridgehead atoms. The average molecular weight is 439 g/mol. The Labute approximate surface area is 168 Å². The molecular weight excluding hydrogens is 424 g/mol. The molecule has 140 valence electrons. The highest BCUT2D eigenvalue weighted by Gasteiger charge is 2.13. The molecule has 0 N–H and O–H groups in total. The minimum atomic E-state index is -0.500. The summed E-state index contributed by atoms with van der Waals surface area (Å²) in [6, 6.07) is 11.7. The van der Waals surface area contributed by atoms with Gasteiger partial charge in [0.1, 0.15) is 12.2 Å². The van der Waals surface area contributed by atoms with Crippen LogP contribution >= 0.6 is 15.9 Å². The molecule has 4 rings (SSSR count). The van der Waals surface area contributed by atoms with Gasteiger partial charge in [0.05, 0.1) is 28.0 Å². The standard InChI is InChI=1S/C21H15BrN2O4/c1-11-12(2)24-18-7-13(3-6-17(18)23-11)21(26)27-10-14-8-20(25)28-19-9-15(22)4-5-16(14)19/h3-9H,10H2,1-2H3. The quantitative estimate of drug-likeness (QED) is 0.346. The van der Waals surface area contributed by atoms with Gasteiger partial charge in [0.15, 0.2) is 0 Å². The predicted molar refractivity (Wildman–Crippen MR) is 108 cm³/mol. The molecule has 0 atom stereocenters. The lowest BCUT2D eigenvalue weighted by Gasteiger charge is -2.08. The normalized spacial score (nSPS) is 11.1. The van der Waals surface area contributed by atoms with Gasteiger partial charge in [-0.2, -0.15) is 0 Å². The highest BCUT2D eigenvalue weighted by atomic mass is 79.9. The molecule has 0 saturated carbocycles. The van der Waals surface area contributed by atoms with Crippen LogP contribution in [0.2, 0.25) is 0 Å². The Balaban J connectivity index is 1.61. The molecule has 0 radical (unpaired) electrons. The van der Waals surface area contributed by atoms with Crippen molar-refractivity contribution in [3.63, 3.8) is 0 Å². The number of hydrogen-bond acceptors (Lipinski definition) is 6. The van der Waals surface area contributed by atoms with E-state index in [4.69, 9.17) is 9.15 Å². The van der Waals surface area contributed by atoms with E-state index in [1.54, 1.807) is 24.3 Å². The lowest BCUT2D eigenvalue weighted by Crippen LogP contribution is -2.08. The van der Waals surface area contributed by atoms with Crippen LogP contribution in [0.5, 0.6) is 0 Å². The molecule has 2 heterocycles. The summed E-state index contributed by atoms with van der Waals surface area (Å²) in [4.78, 5) is 33.2. The summed E-state index contributed by atoms with van der Waals surface area (Å²) in [5, 5.41) is 0.714. The molecule has 0 aliphatic rings. The Kier molecular flexibility index (Phi) is 4.68. The van der Waals surface area contributed by atoms with Crippen molar-refractivity contribution in [2.45, 2.75) is 20.5 Å². The van der Waals surface area contributed by atoms with E-state index in [2.05, 4.69) is 25.9 Å². The van der Waals surface area contributed by atoms with Crippen LogP contribution in [0.1, 0.15) is 27.3 Å². The van der Waals surface area contributed by atoms with Gasteiger partial charge in [-0.25, -0.2) is 19.6 Å². The number of nitrogens with zero attached hydrogens (tertiary/aromatic N) is 2. The third-order valence-corrected chi connectivity index (χ3v) is 4.96. The zero-order valence-corrected chi connectivity index (χ0v) is 16.7. The Morgan fingerprint density at radius 1 is 1.04 bits per heavy atom. The predicted octanol–water partition coefficient (Wildman–Crippen LogP) is 4.47. The number of rotatable bonds is 3. The second kappa shape index (κ2) is 7.16. The molecule has 0 amide bonds. The van der Waals surface area contributed by atoms with Crippen LogP contribution in [0.25, 0.3) is 22.0 Å². The summed E-state index contributed by atoms with van der Waals surface area (Å²) < 4.78 is 11.4. The number of aryl methyl sites for hydroxylation is 2. The van der Waals surface area contributed by atoms with Crippen molar-refractivity contribution in [1.82, 2.24) is 9.97 Å². The van der Waals surface area contributed by atoms with Gasteiger partial charge in [-0.1, -0.05) is 15.9 Å². The summed E-state index contributed by atoms with van der Waals surface area (Å²) in [6.07, 6.45) is 0. The van der Waals surface area contributed by atoms with Crippen molar-refractivity contribution >= 4 is 43.9 Å². The molecule has 28 heavy (non-hydrogen) atoms. The van der Waals surface area contributed by atoms with Gasteiger partial charge in [-0.05, 0) is 50.2 Å². The number of carbonyl (C=O) groups excluding carboxylic acids is 1. The first kappa shape index (κ1) is 18.3. The molecule has 2 aromatic carbocycles. The van der Waals surface area contributed by atoms with Gasteiger partial charge < -0.3 is 9.15 Å². The van der Waals surface area contributed by atoms with Crippen LogP contribution in [0.15, 0.2) is 56.1 Å². The van der Waals surface area contributed by atoms with Crippen LogP contribution in [0, 0.1) is 13.8 Å². The Morgan fingerprint density at radius 3 is 2.57 bits per heavy atom. The number of aromatic nitrogens is 2. The zero-order chi connectivity index (χ0) is 19.8. The van der Waals surface area contributed by atoms with Gasteiger partial charge in [-0.3, -0.25) is 0 Å². The van der Waals surface area contributed by atoms with E-state index in [0.29, 0.717) is 27.6 Å². The molecule has 0 aliphatic heterocycles. The maximum Gasteiger partial charge on any atom is 0.338 e. The van der Waals surface area contributed by atoms with E-state index in [0.717, 1.165) is 21.4 Å². The molecule has 2 aromatic heterocycles. The first-order chi connectivity index (χ1) is 13.4. The second-order valence-corrected chi connectivity index (χ2v) is 7.32. The van der Waals surface area contributed by atoms with Crippen LogP contribution < -0.4 is 5.63 Å². The third kappa shape index (κ3) is 3.53. The zero-order valence-electron chi connectivity index (χ0n) is 15.2. The highest BCUT2D eigenvalue weighted by molar-refractivity contribution is 9.10. The lowest BCUT2D eigenvalue weighted by molar-refractivity contribution is 0.0474. The molecular formula is C21H15BrN2O4. The third-order valence-electron chi connectivity index (χ3n) is 4.46. The number of benzene rings is 2. The molecule has 0 fully saturated rings. The van der Waals surface area contributed by atoms with Gasteiger partial charge in [0.2, 0.25) is 0 Å². The molecule has 0 unspecified atom stereocenters. The number of halogens is 1. The van der Waals surface area contributed by atoms with Crippen molar-refractivity contribution in [3.05, 3.63) is 79.9 Å². The number of carbonyl (C=O) groups is 1. The first-order valence-electron chi connectivity index (χ1n) is 8.55. The van der Waals surface area contributed by atoms with Crippen molar-refractivity contribution in [2.75, 3.05) is 0 Å². The summed E-state index contributed by atoms with van der Waals surface area (Å²) in [5.41, 5.74) is 3.91. The van der Waals surface area contributed by atoms with Gasteiger partial charge in [0, 0.05) is 21.5 Å². The summed E-state index contributed by atoms with van der Waals surface area (Å²) in [7, 11) is 0. The van der Waals surface area contributed by atoms with Crippen LogP contribution in [0.4, 0.5) is 0 Å². The fourth-order valence-electron chi connectivity index (χ4n) is 2.91. The summed E-state index contributed by atoms with van der Waals surface area (Å²) >= 11 is 3.35. The molecule has 0 saturated heterocycles. The molecule has 0 aliphatic carbocycles. The smallest absolute Gasteiger partial charge is 0.338 e. The van der Waals surface area contributed by atoms with E-state index in [9.17, 15) is 9.59 Å². The van der Waals surface area contributed by atoms with Gasteiger partial charge in [-0.15, -0.1) is 0 Å². The fourth-order valence-corrected chi connectivity index (χ4v) is 3.25. The number of ether oxygens (including phenoxy) is 1. The SMILES string of the molecule is Cc1nc2ccc(C(=O)OCc3cc(=O)oc4cc(Br)ccc34)cc2nc1C. The maximum absolute atomic E-state index is 12.5. The van der Waals surface area contributed by atoms with E-state index in [-0.39, 0.29) is 6.61 Å². The number of fused-ring (bicyclic) bond motifs is 2. The van der Waals surface area contributed by atoms with Gasteiger partial charge in [0.25, 0.3) is 0 Å². The van der Waals surface area contributed by atoms with E-state index in [1.165, 1.54) is 6.07 Å². The van der Waals surface area contributed by atoms with E-state index >= 15 is 0 Å². The highest BCUT2D eigenvalue weighted by Crippen LogP contribution is 2.22. The number of hydrogen-bond donors (Lipinski definition) is 0. The minimum Gasteiger partial charge on any atom is -0.457 e. The summed E-state index contributed by atoms with van der Waals surface area (Å²) in [5.74, 6) is -0.500. The van der Waals surface area contributed by atoms with Gasteiger partial charge >= 0.3 is 11.6 Å². The fraction of sp³-hybridized carbons (Fsp3) is 0.143. The van der Waals surface area contributed by atoms with Crippen molar-refractivity contribution in [1.29, 1.82) is 0 Å². The Morgan fingerprint density at radius 2 is 1.79 bits per heavy atom. The second-order valence-electron chi connectivity index (χ2n) is 6.41. The number of esters is 1. The van der Waals surface area contributed by atoms with E-state index in [1.807, 2.05) is 26.0 Å². The lowest BCUT2D eigenvalue weighted by atomic mass is 10.1. The topological polar surface area (TPSA) is 82.3 Å². The Hall–Kier alpha value is -3.06. The first-order valence-corrected chi connectivity index (χ1v) is 9.34. The summed E-state index contributed by atoms with van der Waals surface area (Å²) in [6.45, 7) is 3.72. The Bertz CT molecular complexity index is 1300. The molecule has 4 aromatic rings. The molecule has 6 nitrogen and oxygen atoms in total. The monoisotopic (exact) mass is 438 g/mol. The van der Waals surface area contributed by atoms with Crippen molar-refractivity contribution < 1.29 is 13.9 Å². The van der Waals surface area contributed by atoms with Crippen LogP contribution in [0.3, 0.4) is 0 Å². The maximum atomic E-state index is 12.5. The van der Waals surface area contributed by atoms with Crippen molar-refractivity contribution in [3.8, 4) is 0 Å². The molecule has 7 heteroatoms. The average Bonchev–Trinajstić information content (AvgIpc) is 2.66. The minimum absolute atomic E-state index is 0.0425. The van der Waals surface area contributed by atoms with Crippen LogP contribution in [-0.4, -0.2) is 15.9 Å². The van der Waals surface area contributed by atoms with Crippen molar-refractivity contribution in [2.24, 2.45) is 0 Å². The van der Waals surface area contributed by atoms with E-state index < -0.39 is 11.6 Å².